The van der Waals surface area contributed by atoms with E-state index in [1.54, 1.807) is 24.3 Å². The molecule has 0 heterocycles. The van der Waals surface area contributed by atoms with Crippen LogP contribution in [0.5, 0.6) is 5.75 Å². The number of rotatable bonds is 5. The van der Waals surface area contributed by atoms with E-state index < -0.39 is 0 Å². The van der Waals surface area contributed by atoms with Gasteiger partial charge in [-0.05, 0) is 42.8 Å². The van der Waals surface area contributed by atoms with E-state index in [1.165, 1.54) is 6.07 Å². The van der Waals surface area contributed by atoms with Crippen molar-refractivity contribution in [2.24, 2.45) is 0 Å². The highest BCUT2D eigenvalue weighted by molar-refractivity contribution is 9.10. The highest BCUT2D eigenvalue weighted by atomic mass is 79.9. The molecule has 1 atom stereocenters. The summed E-state index contributed by atoms with van der Waals surface area (Å²) in [6.45, 7) is 1.97. The van der Waals surface area contributed by atoms with Gasteiger partial charge in [-0.15, -0.1) is 0 Å². The minimum atomic E-state index is -0.293. The maximum Gasteiger partial charge on any atom is 0.174 e. The lowest BCUT2D eigenvalue weighted by molar-refractivity contribution is 0.368. The summed E-state index contributed by atoms with van der Waals surface area (Å²) in [6, 6.07) is 14.0. The molecule has 0 bridgehead atoms. The van der Waals surface area contributed by atoms with E-state index in [4.69, 9.17) is 10.00 Å². The summed E-state index contributed by atoms with van der Waals surface area (Å²) >= 11 is 3.33. The Kier molecular flexibility index (Phi) is 5.18. The molecule has 0 spiro atoms. The van der Waals surface area contributed by atoms with Gasteiger partial charge in [-0.2, -0.15) is 5.26 Å². The van der Waals surface area contributed by atoms with Crippen LogP contribution in [0.4, 0.5) is 10.1 Å². The molecule has 2 aromatic carbocycles. The first kappa shape index (κ1) is 15.3. The highest BCUT2D eigenvalue weighted by Gasteiger charge is 2.09. The largest absolute Gasteiger partial charge is 0.479 e. The fourth-order valence-corrected chi connectivity index (χ4v) is 2.25. The van der Waals surface area contributed by atoms with Gasteiger partial charge in [0.1, 0.15) is 17.6 Å². The molecule has 0 saturated carbocycles. The molecule has 1 N–H and O–H groups in total. The molecule has 5 heteroatoms. The van der Waals surface area contributed by atoms with Crippen molar-refractivity contribution in [1.82, 2.24) is 0 Å². The molecule has 3 nitrogen and oxygen atoms in total. The van der Waals surface area contributed by atoms with Crippen molar-refractivity contribution in [3.63, 3.8) is 0 Å². The van der Waals surface area contributed by atoms with Crippen LogP contribution in [0.3, 0.4) is 0 Å². The Morgan fingerprint density at radius 3 is 2.67 bits per heavy atom. The molecule has 0 aliphatic carbocycles. The lowest BCUT2D eigenvalue weighted by Gasteiger charge is -2.17. The van der Waals surface area contributed by atoms with Crippen LogP contribution < -0.4 is 10.1 Å². The number of benzene rings is 2. The summed E-state index contributed by atoms with van der Waals surface area (Å²) in [6.07, 6.45) is 0. The van der Waals surface area contributed by atoms with E-state index in [0.29, 0.717) is 11.4 Å². The maximum absolute atomic E-state index is 13.7. The van der Waals surface area contributed by atoms with E-state index in [2.05, 4.69) is 21.2 Å². The average Bonchev–Trinajstić information content (AvgIpc) is 2.49. The Balaban J connectivity index is 2.08. The summed E-state index contributed by atoms with van der Waals surface area (Å²) < 4.78 is 19.7. The van der Waals surface area contributed by atoms with E-state index in [0.717, 1.165) is 10.0 Å². The van der Waals surface area contributed by atoms with Crippen molar-refractivity contribution in [3.8, 4) is 11.8 Å². The second-order valence-corrected chi connectivity index (χ2v) is 5.42. The third-order valence-electron chi connectivity index (χ3n) is 2.98. The molecule has 0 aromatic heterocycles. The van der Waals surface area contributed by atoms with Gasteiger partial charge in [0.25, 0.3) is 0 Å². The predicted octanol–water partition coefficient (Wildman–Crippen LogP) is 4.66. The Morgan fingerprint density at radius 2 is 2.00 bits per heavy atom. The van der Waals surface area contributed by atoms with Crippen LogP contribution >= 0.6 is 15.9 Å². The summed E-state index contributed by atoms with van der Waals surface area (Å²) in [5.74, 6) is 0.347. The Morgan fingerprint density at radius 1 is 1.29 bits per heavy atom. The number of nitrogens with one attached hydrogen (secondary N) is 1. The lowest BCUT2D eigenvalue weighted by Crippen LogP contribution is -2.08. The van der Waals surface area contributed by atoms with Crippen LogP contribution in [0.2, 0.25) is 0 Å². The van der Waals surface area contributed by atoms with Crippen molar-refractivity contribution in [2.75, 3.05) is 11.9 Å². The van der Waals surface area contributed by atoms with Crippen LogP contribution in [0.15, 0.2) is 46.9 Å². The number of hydrogen-bond donors (Lipinski definition) is 1. The molecule has 2 aromatic rings. The van der Waals surface area contributed by atoms with Gasteiger partial charge in [-0.1, -0.05) is 28.1 Å². The molecule has 2 rings (SSSR count). The van der Waals surface area contributed by atoms with E-state index >= 15 is 0 Å². The second-order valence-electron chi connectivity index (χ2n) is 4.51. The van der Waals surface area contributed by atoms with Crippen LogP contribution in [0, 0.1) is 17.1 Å². The van der Waals surface area contributed by atoms with Crippen molar-refractivity contribution < 1.29 is 9.13 Å². The summed E-state index contributed by atoms with van der Waals surface area (Å²) in [5, 5.41) is 11.6. The zero-order valence-corrected chi connectivity index (χ0v) is 13.0. The first-order valence-electron chi connectivity index (χ1n) is 6.41. The van der Waals surface area contributed by atoms with Gasteiger partial charge < -0.3 is 10.1 Å². The number of hydrogen-bond acceptors (Lipinski definition) is 3. The molecular formula is C16H14BrFN2O. The number of ether oxygens (including phenoxy) is 1. The average molecular weight is 349 g/mol. The Hall–Kier alpha value is -2.06. The first-order valence-corrected chi connectivity index (χ1v) is 7.21. The van der Waals surface area contributed by atoms with E-state index in [9.17, 15) is 4.39 Å². The zero-order chi connectivity index (χ0) is 15.2. The predicted molar refractivity (Wildman–Crippen MR) is 83.7 cm³/mol. The normalized spacial score (nSPS) is 11.5. The fourth-order valence-electron chi connectivity index (χ4n) is 1.89. The van der Waals surface area contributed by atoms with Gasteiger partial charge in [0, 0.05) is 10.5 Å². The molecule has 0 amide bonds. The topological polar surface area (TPSA) is 45.0 Å². The monoisotopic (exact) mass is 348 g/mol. The van der Waals surface area contributed by atoms with Crippen LogP contribution in [0.1, 0.15) is 18.5 Å². The van der Waals surface area contributed by atoms with Gasteiger partial charge in [-0.3, -0.25) is 0 Å². The third-order valence-corrected chi connectivity index (χ3v) is 3.48. The lowest BCUT2D eigenvalue weighted by atomic mass is 10.1. The summed E-state index contributed by atoms with van der Waals surface area (Å²) in [4.78, 5) is 0. The van der Waals surface area contributed by atoms with E-state index in [-0.39, 0.29) is 18.5 Å². The van der Waals surface area contributed by atoms with Gasteiger partial charge in [-0.25, -0.2) is 4.39 Å². The molecule has 0 saturated heterocycles. The molecular weight excluding hydrogens is 335 g/mol. The zero-order valence-electron chi connectivity index (χ0n) is 11.4. The standard InChI is InChI=1S/C16H14BrFN2O/c1-11(20-16-10-13(17)4-7-15(16)18)12-2-5-14(6-3-12)21-9-8-19/h2-7,10-11,20H,9H2,1H3. The summed E-state index contributed by atoms with van der Waals surface area (Å²) in [7, 11) is 0. The second kappa shape index (κ2) is 7.09. The van der Waals surface area contributed by atoms with Crippen LogP contribution in [0.25, 0.3) is 0 Å². The molecule has 21 heavy (non-hydrogen) atoms. The molecule has 0 aliphatic rings. The molecule has 108 valence electrons. The van der Waals surface area contributed by atoms with Gasteiger partial charge in [0.2, 0.25) is 0 Å². The van der Waals surface area contributed by atoms with Crippen LogP contribution in [-0.2, 0) is 0 Å². The number of anilines is 1. The fraction of sp³-hybridized carbons (Fsp3) is 0.188. The number of nitrogens with zero attached hydrogens (tertiary/aromatic N) is 1. The highest BCUT2D eigenvalue weighted by Crippen LogP contribution is 2.25. The Labute approximate surface area is 131 Å². The van der Waals surface area contributed by atoms with Crippen LogP contribution in [-0.4, -0.2) is 6.61 Å². The Bertz CT molecular complexity index is 652. The maximum atomic E-state index is 13.7. The molecule has 0 aliphatic heterocycles. The van der Waals surface area contributed by atoms with E-state index in [1.807, 2.05) is 25.1 Å². The van der Waals surface area contributed by atoms with Gasteiger partial charge >= 0.3 is 0 Å². The van der Waals surface area contributed by atoms with Crippen molar-refractivity contribution >= 4 is 21.6 Å². The SMILES string of the molecule is CC(Nc1cc(Br)ccc1F)c1ccc(OCC#N)cc1. The van der Waals surface area contributed by atoms with Crippen molar-refractivity contribution in [2.45, 2.75) is 13.0 Å². The quantitative estimate of drug-likeness (QED) is 0.854. The van der Waals surface area contributed by atoms with Crippen molar-refractivity contribution in [1.29, 1.82) is 5.26 Å². The minimum Gasteiger partial charge on any atom is -0.479 e. The van der Waals surface area contributed by atoms with Gasteiger partial charge in [0.15, 0.2) is 6.61 Å². The molecule has 0 radical (unpaired) electrons. The molecule has 0 fully saturated rings. The minimum absolute atomic E-state index is 0.0242. The van der Waals surface area contributed by atoms with Crippen molar-refractivity contribution in [3.05, 3.63) is 58.3 Å². The number of halogens is 2. The van der Waals surface area contributed by atoms with Gasteiger partial charge in [0.05, 0.1) is 5.69 Å². The number of nitriles is 1. The first-order chi connectivity index (χ1) is 10.1. The summed E-state index contributed by atoms with van der Waals surface area (Å²) in [5.41, 5.74) is 1.44. The molecule has 1 unspecified atom stereocenters. The third kappa shape index (κ3) is 4.20. The smallest absolute Gasteiger partial charge is 0.174 e.